The average molecular weight is 383 g/mol. The number of aromatic nitrogens is 2. The van der Waals surface area contributed by atoms with Gasteiger partial charge in [0.2, 0.25) is 11.1 Å². The van der Waals surface area contributed by atoms with Gasteiger partial charge in [-0.1, -0.05) is 23.5 Å². The summed E-state index contributed by atoms with van der Waals surface area (Å²) in [5.74, 6) is -1.80. The van der Waals surface area contributed by atoms with Crippen LogP contribution in [0.25, 0.3) is 0 Å². The molecule has 0 spiro atoms. The molecule has 0 saturated carbocycles. The second-order valence-electron chi connectivity index (χ2n) is 4.07. The van der Waals surface area contributed by atoms with Gasteiger partial charge in [-0.2, -0.15) is 17.5 Å². The van der Waals surface area contributed by atoms with Crippen LogP contribution in [0.4, 0.5) is 23.2 Å². The van der Waals surface area contributed by atoms with Crippen molar-refractivity contribution in [3.63, 3.8) is 0 Å². The first kappa shape index (κ1) is 18.0. The number of hydrogen-bond donors (Lipinski definition) is 1. The Bertz CT molecular complexity index is 705. The number of rotatable bonds is 5. The third-order valence-electron chi connectivity index (χ3n) is 2.46. The Morgan fingerprint density at radius 3 is 2.74 bits per heavy atom. The molecular formula is C12H9F4N3OS3. The molecule has 124 valence electrons. The van der Waals surface area contributed by atoms with Crippen molar-refractivity contribution in [2.75, 3.05) is 17.3 Å². The summed E-state index contributed by atoms with van der Waals surface area (Å²) >= 11 is 3.51. The molecule has 0 atom stereocenters. The maximum Gasteiger partial charge on any atom is 0.418 e. The Balaban J connectivity index is 2.02. The summed E-state index contributed by atoms with van der Waals surface area (Å²) in [7, 11) is 0. The van der Waals surface area contributed by atoms with E-state index in [0.29, 0.717) is 15.6 Å². The first-order valence-electron chi connectivity index (χ1n) is 5.96. The molecule has 0 radical (unpaired) electrons. The topological polar surface area (TPSA) is 54.9 Å². The average Bonchev–Trinajstić information content (AvgIpc) is 2.94. The van der Waals surface area contributed by atoms with E-state index < -0.39 is 29.2 Å². The van der Waals surface area contributed by atoms with E-state index in [1.165, 1.54) is 11.8 Å². The van der Waals surface area contributed by atoms with Crippen LogP contribution in [0, 0.1) is 5.82 Å². The van der Waals surface area contributed by atoms with Crippen LogP contribution in [0.5, 0.6) is 0 Å². The van der Waals surface area contributed by atoms with Gasteiger partial charge in [0, 0.05) is 0 Å². The quantitative estimate of drug-likeness (QED) is 0.621. The normalized spacial score (nSPS) is 11.5. The van der Waals surface area contributed by atoms with Crippen molar-refractivity contribution >= 4 is 46.7 Å². The van der Waals surface area contributed by atoms with E-state index in [0.717, 1.165) is 35.4 Å². The minimum Gasteiger partial charge on any atom is -0.325 e. The number of anilines is 1. The van der Waals surface area contributed by atoms with Gasteiger partial charge in [0.15, 0.2) is 4.34 Å². The first-order valence-corrected chi connectivity index (χ1v) is 8.95. The van der Waals surface area contributed by atoms with Crippen LogP contribution in [-0.4, -0.2) is 27.3 Å². The van der Waals surface area contributed by atoms with Crippen molar-refractivity contribution in [3.8, 4) is 0 Å². The van der Waals surface area contributed by atoms with Crippen molar-refractivity contribution in [2.45, 2.75) is 15.7 Å². The SMILES string of the molecule is CSc1nsc(SCC(=O)Nc2ccc(F)cc2C(F)(F)F)n1. The molecule has 1 N–H and O–H groups in total. The van der Waals surface area contributed by atoms with Gasteiger partial charge in [-0.05, 0) is 36.0 Å². The third kappa shape index (κ3) is 5.08. The molecule has 23 heavy (non-hydrogen) atoms. The summed E-state index contributed by atoms with van der Waals surface area (Å²) in [6.45, 7) is 0. The molecule has 2 rings (SSSR count). The molecule has 1 aromatic carbocycles. The van der Waals surface area contributed by atoms with Gasteiger partial charge in [0.1, 0.15) is 5.82 Å². The third-order valence-corrected chi connectivity index (χ3v) is 4.96. The summed E-state index contributed by atoms with van der Waals surface area (Å²) in [5, 5.41) is 2.71. The van der Waals surface area contributed by atoms with E-state index in [-0.39, 0.29) is 5.75 Å². The molecule has 0 bridgehead atoms. The van der Waals surface area contributed by atoms with Crippen molar-refractivity contribution < 1.29 is 22.4 Å². The van der Waals surface area contributed by atoms with Gasteiger partial charge >= 0.3 is 6.18 Å². The van der Waals surface area contributed by atoms with E-state index in [2.05, 4.69) is 14.7 Å². The predicted molar refractivity (Wildman–Crippen MR) is 82.4 cm³/mol. The van der Waals surface area contributed by atoms with Gasteiger partial charge in [-0.15, -0.1) is 0 Å². The molecule has 0 saturated heterocycles. The number of nitrogens with one attached hydrogen (secondary N) is 1. The summed E-state index contributed by atoms with van der Waals surface area (Å²) in [6.07, 6.45) is -2.96. The lowest BCUT2D eigenvalue weighted by Crippen LogP contribution is -2.18. The molecule has 0 aliphatic carbocycles. The number of carbonyl (C=O) groups is 1. The van der Waals surface area contributed by atoms with Gasteiger partial charge in [-0.3, -0.25) is 4.79 Å². The maximum absolute atomic E-state index is 13.0. The molecule has 0 unspecified atom stereocenters. The van der Waals surface area contributed by atoms with Crippen LogP contribution in [-0.2, 0) is 11.0 Å². The second kappa shape index (κ2) is 7.49. The highest BCUT2D eigenvalue weighted by molar-refractivity contribution is 8.01. The Morgan fingerprint density at radius 2 is 2.13 bits per heavy atom. The molecule has 1 aromatic heterocycles. The number of benzene rings is 1. The Kier molecular flexibility index (Phi) is 5.87. The fraction of sp³-hybridized carbons (Fsp3) is 0.250. The Hall–Kier alpha value is -1.33. The lowest BCUT2D eigenvalue weighted by Gasteiger charge is -2.13. The lowest BCUT2D eigenvalue weighted by molar-refractivity contribution is -0.137. The van der Waals surface area contributed by atoms with Gasteiger partial charge in [-0.25, -0.2) is 9.37 Å². The second-order valence-corrected chi connectivity index (χ2v) is 6.82. The number of alkyl halides is 3. The molecule has 0 aliphatic heterocycles. The van der Waals surface area contributed by atoms with E-state index in [1.54, 1.807) is 6.26 Å². The Morgan fingerprint density at radius 1 is 1.39 bits per heavy atom. The fourth-order valence-corrected chi connectivity index (χ4v) is 3.52. The van der Waals surface area contributed by atoms with E-state index >= 15 is 0 Å². The highest BCUT2D eigenvalue weighted by atomic mass is 32.2. The first-order chi connectivity index (χ1) is 10.8. The molecular weight excluding hydrogens is 374 g/mol. The smallest absolute Gasteiger partial charge is 0.325 e. The van der Waals surface area contributed by atoms with Crippen LogP contribution in [0.3, 0.4) is 0 Å². The van der Waals surface area contributed by atoms with E-state index in [9.17, 15) is 22.4 Å². The van der Waals surface area contributed by atoms with Crippen molar-refractivity contribution in [2.24, 2.45) is 0 Å². The number of thioether (sulfide) groups is 2. The van der Waals surface area contributed by atoms with E-state index in [1.807, 2.05) is 0 Å². The predicted octanol–water partition coefficient (Wildman–Crippen LogP) is 4.15. The fourth-order valence-electron chi connectivity index (χ4n) is 1.51. The number of carbonyl (C=O) groups excluding carboxylic acids is 1. The minimum absolute atomic E-state index is 0.127. The monoisotopic (exact) mass is 383 g/mol. The summed E-state index contributed by atoms with van der Waals surface area (Å²) in [4.78, 5) is 15.9. The van der Waals surface area contributed by atoms with E-state index in [4.69, 9.17) is 0 Å². The minimum atomic E-state index is -4.76. The van der Waals surface area contributed by atoms with Crippen molar-refractivity contribution in [1.82, 2.24) is 9.36 Å². The van der Waals surface area contributed by atoms with Crippen molar-refractivity contribution in [1.29, 1.82) is 0 Å². The largest absolute Gasteiger partial charge is 0.418 e. The van der Waals surface area contributed by atoms with Crippen molar-refractivity contribution in [3.05, 3.63) is 29.6 Å². The molecule has 4 nitrogen and oxygen atoms in total. The number of hydrogen-bond acceptors (Lipinski definition) is 6. The van der Waals surface area contributed by atoms with Crippen LogP contribution >= 0.6 is 35.1 Å². The number of nitrogens with zero attached hydrogens (tertiary/aromatic N) is 2. The zero-order valence-electron chi connectivity index (χ0n) is 11.5. The number of amides is 1. The summed E-state index contributed by atoms with van der Waals surface area (Å²) < 4.78 is 56.0. The zero-order chi connectivity index (χ0) is 17.0. The zero-order valence-corrected chi connectivity index (χ0v) is 13.9. The van der Waals surface area contributed by atoms with Gasteiger partial charge < -0.3 is 5.32 Å². The summed E-state index contributed by atoms with van der Waals surface area (Å²) in [5.41, 5.74) is -1.71. The van der Waals surface area contributed by atoms with Gasteiger partial charge in [0.05, 0.1) is 17.0 Å². The molecule has 2 aromatic rings. The molecule has 1 amide bonds. The molecule has 0 aliphatic rings. The van der Waals surface area contributed by atoms with Crippen LogP contribution < -0.4 is 5.32 Å². The molecule has 1 heterocycles. The van der Waals surface area contributed by atoms with Gasteiger partial charge in [0.25, 0.3) is 0 Å². The maximum atomic E-state index is 13.0. The van der Waals surface area contributed by atoms with Crippen LogP contribution in [0.1, 0.15) is 5.56 Å². The highest BCUT2D eigenvalue weighted by Gasteiger charge is 2.34. The van der Waals surface area contributed by atoms with Crippen LogP contribution in [0.2, 0.25) is 0 Å². The summed E-state index contributed by atoms with van der Waals surface area (Å²) in [6, 6.07) is 2.09. The number of halogens is 4. The highest BCUT2D eigenvalue weighted by Crippen LogP contribution is 2.35. The van der Waals surface area contributed by atoms with Crippen LogP contribution in [0.15, 0.2) is 27.7 Å². The lowest BCUT2D eigenvalue weighted by atomic mass is 10.1. The molecule has 11 heteroatoms. The molecule has 0 fully saturated rings. The Labute approximate surface area is 141 Å². The standard InChI is InChI=1S/C12H9F4N3OS3/c1-21-10-18-11(23-19-10)22-5-9(20)17-8-3-2-6(13)4-7(8)12(14,15)16/h2-4H,5H2,1H3,(H,17,20).